The van der Waals surface area contributed by atoms with Gasteiger partial charge in [-0.05, 0) is 50.4 Å². The number of rotatable bonds is 4. The first kappa shape index (κ1) is 13.9. The highest BCUT2D eigenvalue weighted by Gasteiger charge is 2.18. The van der Waals surface area contributed by atoms with Gasteiger partial charge in [-0.1, -0.05) is 6.07 Å². The Morgan fingerprint density at radius 2 is 2.24 bits per heavy atom. The smallest absolute Gasteiger partial charge is 0.228 e. The van der Waals surface area contributed by atoms with Gasteiger partial charge in [0, 0.05) is 6.20 Å². The lowest BCUT2D eigenvalue weighted by molar-refractivity contribution is 0.528. The minimum absolute atomic E-state index is 0.343. The van der Waals surface area contributed by atoms with E-state index >= 15 is 0 Å². The van der Waals surface area contributed by atoms with Gasteiger partial charge in [-0.25, -0.2) is 19.3 Å². The van der Waals surface area contributed by atoms with Gasteiger partial charge in [0.2, 0.25) is 5.95 Å². The first-order chi connectivity index (χ1) is 10.2. The molecule has 1 saturated heterocycles. The topological polar surface area (TPSA) is 62.7 Å². The first-order valence-corrected chi connectivity index (χ1v) is 7.12. The maximum atomic E-state index is 13.8. The van der Waals surface area contributed by atoms with E-state index in [1.807, 2.05) is 19.1 Å². The number of aromatic nitrogens is 3. The van der Waals surface area contributed by atoms with Crippen LogP contribution >= 0.6 is 0 Å². The van der Waals surface area contributed by atoms with Crippen LogP contribution in [0.25, 0.3) is 0 Å². The van der Waals surface area contributed by atoms with E-state index in [-0.39, 0.29) is 5.82 Å². The molecular weight excluding hydrogens is 269 g/mol. The van der Waals surface area contributed by atoms with Crippen LogP contribution in [0.2, 0.25) is 0 Å². The Labute approximate surface area is 123 Å². The largest absolute Gasteiger partial charge is 0.316 e. The maximum Gasteiger partial charge on any atom is 0.228 e. The van der Waals surface area contributed by atoms with Gasteiger partial charge in [0.25, 0.3) is 0 Å². The van der Waals surface area contributed by atoms with Crippen LogP contribution in [0.3, 0.4) is 0 Å². The highest BCUT2D eigenvalue weighted by molar-refractivity contribution is 5.47. The molecule has 0 unspecified atom stereocenters. The molecule has 6 heteroatoms. The molecule has 3 rings (SSSR count). The van der Waals surface area contributed by atoms with Gasteiger partial charge >= 0.3 is 0 Å². The van der Waals surface area contributed by atoms with Crippen molar-refractivity contribution in [1.29, 1.82) is 0 Å². The Morgan fingerprint density at radius 3 is 2.95 bits per heavy atom. The number of halogens is 1. The quantitative estimate of drug-likeness (QED) is 0.902. The second kappa shape index (κ2) is 6.13. The third-order valence-corrected chi connectivity index (χ3v) is 3.61. The van der Waals surface area contributed by atoms with Gasteiger partial charge in [-0.3, -0.25) is 0 Å². The summed E-state index contributed by atoms with van der Waals surface area (Å²) in [5, 5.41) is 6.29. The molecule has 1 aliphatic heterocycles. The lowest BCUT2D eigenvalue weighted by Gasteiger charge is -2.10. The van der Waals surface area contributed by atoms with Crippen LogP contribution in [0.5, 0.6) is 0 Å². The van der Waals surface area contributed by atoms with Gasteiger partial charge in [-0.2, -0.15) is 0 Å². The number of nitrogens with one attached hydrogen (secondary N) is 2. The molecule has 0 aliphatic carbocycles. The second-order valence-corrected chi connectivity index (χ2v) is 5.40. The third-order valence-electron chi connectivity index (χ3n) is 3.61. The zero-order chi connectivity index (χ0) is 14.7. The van der Waals surface area contributed by atoms with Gasteiger partial charge in [0.15, 0.2) is 5.82 Å². The SMILES string of the molecule is Cc1ccc(Nc2ncc(F)c(C[C@H]3CCNC3)n2)nc1. The third kappa shape index (κ3) is 3.52. The number of pyridine rings is 1. The summed E-state index contributed by atoms with van der Waals surface area (Å²) in [7, 11) is 0. The number of anilines is 2. The Kier molecular flexibility index (Phi) is 4.06. The summed E-state index contributed by atoms with van der Waals surface area (Å²) in [5.41, 5.74) is 1.54. The number of hydrogen-bond donors (Lipinski definition) is 2. The molecule has 3 heterocycles. The fourth-order valence-corrected chi connectivity index (χ4v) is 2.42. The van der Waals surface area contributed by atoms with Crippen molar-refractivity contribution >= 4 is 11.8 Å². The molecule has 2 aromatic heterocycles. The van der Waals surface area contributed by atoms with Crippen LogP contribution in [0, 0.1) is 18.7 Å². The molecule has 2 aromatic rings. The standard InChI is InChI=1S/C15H18FN5/c1-10-2-3-14(18-7-10)21-15-19-9-12(16)13(20-15)6-11-4-5-17-8-11/h2-3,7,9,11,17H,4-6,8H2,1H3,(H,18,19,20,21)/t11-/m1/s1. The molecule has 5 nitrogen and oxygen atoms in total. The van der Waals surface area contributed by atoms with Crippen LogP contribution in [0.15, 0.2) is 24.5 Å². The summed E-state index contributed by atoms with van der Waals surface area (Å²) in [6.45, 7) is 3.89. The van der Waals surface area contributed by atoms with Crippen LogP contribution < -0.4 is 10.6 Å². The zero-order valence-electron chi connectivity index (χ0n) is 11.9. The Balaban J connectivity index is 1.74. The van der Waals surface area contributed by atoms with E-state index in [0.29, 0.717) is 29.8 Å². The zero-order valence-corrected chi connectivity index (χ0v) is 11.9. The number of aryl methyl sites for hydroxylation is 1. The van der Waals surface area contributed by atoms with Gasteiger partial charge in [-0.15, -0.1) is 0 Å². The van der Waals surface area contributed by atoms with Gasteiger partial charge < -0.3 is 10.6 Å². The van der Waals surface area contributed by atoms with Crippen molar-refractivity contribution in [3.8, 4) is 0 Å². The molecule has 0 bridgehead atoms. The average molecular weight is 287 g/mol. The summed E-state index contributed by atoms with van der Waals surface area (Å²) in [6.07, 6.45) is 4.68. The molecule has 110 valence electrons. The summed E-state index contributed by atoms with van der Waals surface area (Å²) < 4.78 is 13.8. The van der Waals surface area contributed by atoms with Crippen molar-refractivity contribution in [2.75, 3.05) is 18.4 Å². The minimum Gasteiger partial charge on any atom is -0.316 e. The van der Waals surface area contributed by atoms with Gasteiger partial charge in [0.1, 0.15) is 5.82 Å². The highest BCUT2D eigenvalue weighted by Crippen LogP contribution is 2.18. The van der Waals surface area contributed by atoms with E-state index in [1.165, 1.54) is 6.20 Å². The minimum atomic E-state index is -0.343. The molecule has 1 atom stereocenters. The molecule has 0 aromatic carbocycles. The molecule has 21 heavy (non-hydrogen) atoms. The summed E-state index contributed by atoms with van der Waals surface area (Å²) in [5.74, 6) is 1.14. The van der Waals surface area contributed by atoms with Gasteiger partial charge in [0.05, 0.1) is 11.9 Å². The normalized spacial score (nSPS) is 17.9. The Bertz CT molecular complexity index is 608. The van der Waals surface area contributed by atoms with Crippen molar-refractivity contribution < 1.29 is 4.39 Å². The lowest BCUT2D eigenvalue weighted by atomic mass is 10.0. The molecule has 0 spiro atoms. The van der Waals surface area contributed by atoms with Crippen LogP contribution in [0.1, 0.15) is 17.7 Å². The molecule has 1 fully saturated rings. The molecule has 1 aliphatic rings. The Morgan fingerprint density at radius 1 is 1.33 bits per heavy atom. The first-order valence-electron chi connectivity index (χ1n) is 7.12. The van der Waals surface area contributed by atoms with Crippen LogP contribution in [-0.4, -0.2) is 28.0 Å². The van der Waals surface area contributed by atoms with E-state index in [9.17, 15) is 4.39 Å². The average Bonchev–Trinajstić information content (AvgIpc) is 2.98. The summed E-state index contributed by atoms with van der Waals surface area (Å²) in [4.78, 5) is 12.5. The summed E-state index contributed by atoms with van der Waals surface area (Å²) in [6, 6.07) is 3.80. The van der Waals surface area contributed by atoms with Crippen LogP contribution in [-0.2, 0) is 6.42 Å². The molecular formula is C15H18FN5. The highest BCUT2D eigenvalue weighted by atomic mass is 19.1. The monoisotopic (exact) mass is 287 g/mol. The molecule has 0 amide bonds. The molecule has 0 saturated carbocycles. The lowest BCUT2D eigenvalue weighted by Crippen LogP contribution is -2.13. The van der Waals surface area contributed by atoms with E-state index in [0.717, 1.165) is 25.1 Å². The maximum absolute atomic E-state index is 13.8. The van der Waals surface area contributed by atoms with Crippen molar-refractivity contribution in [2.45, 2.75) is 19.8 Å². The van der Waals surface area contributed by atoms with Crippen LogP contribution in [0.4, 0.5) is 16.2 Å². The number of hydrogen-bond acceptors (Lipinski definition) is 5. The van der Waals surface area contributed by atoms with Crippen molar-refractivity contribution in [3.05, 3.63) is 41.6 Å². The number of nitrogens with zero attached hydrogens (tertiary/aromatic N) is 3. The second-order valence-electron chi connectivity index (χ2n) is 5.40. The van der Waals surface area contributed by atoms with Crippen molar-refractivity contribution in [1.82, 2.24) is 20.3 Å². The van der Waals surface area contributed by atoms with E-state index in [1.54, 1.807) is 6.20 Å². The molecule has 0 radical (unpaired) electrons. The fourth-order valence-electron chi connectivity index (χ4n) is 2.42. The van der Waals surface area contributed by atoms with E-state index in [4.69, 9.17) is 0 Å². The van der Waals surface area contributed by atoms with Crippen molar-refractivity contribution in [2.24, 2.45) is 5.92 Å². The fraction of sp³-hybridized carbons (Fsp3) is 0.400. The Hall–Kier alpha value is -2.08. The van der Waals surface area contributed by atoms with Crippen molar-refractivity contribution in [3.63, 3.8) is 0 Å². The summed E-state index contributed by atoms with van der Waals surface area (Å²) >= 11 is 0. The van der Waals surface area contributed by atoms with E-state index < -0.39 is 0 Å². The predicted molar refractivity (Wildman–Crippen MR) is 78.9 cm³/mol. The predicted octanol–water partition coefficient (Wildman–Crippen LogP) is 2.21. The molecule has 2 N–H and O–H groups in total. The van der Waals surface area contributed by atoms with E-state index in [2.05, 4.69) is 25.6 Å².